The van der Waals surface area contributed by atoms with Crippen LogP contribution in [0.3, 0.4) is 0 Å². The number of halogens is 1. The Morgan fingerprint density at radius 1 is 1.07 bits per heavy atom. The minimum atomic E-state index is 0.0242. The van der Waals surface area contributed by atoms with Crippen molar-refractivity contribution in [1.29, 1.82) is 0 Å². The van der Waals surface area contributed by atoms with Crippen LogP contribution >= 0.6 is 35.1 Å². The standard InChI is InChI=1S/C21H24ClN3O2S2/c22-17-4-7-19(23-14-17)24-8-10-25(11-9-24)20(26)15-27-18-5-2-16(3-6-18)21-28-12-1-13-29-21/h2-7,14,21H,1,8-13,15H2. The number of hydrogen-bond acceptors (Lipinski definition) is 6. The second kappa shape index (κ2) is 9.96. The summed E-state index contributed by atoms with van der Waals surface area (Å²) in [5, 5.41) is 0.629. The summed E-state index contributed by atoms with van der Waals surface area (Å²) in [5.41, 5.74) is 1.32. The molecule has 0 bridgehead atoms. The number of ether oxygens (including phenoxy) is 1. The summed E-state index contributed by atoms with van der Waals surface area (Å²) < 4.78 is 6.26. The number of amides is 1. The van der Waals surface area contributed by atoms with Gasteiger partial charge in [0.15, 0.2) is 6.61 Å². The number of hydrogen-bond donors (Lipinski definition) is 0. The highest BCUT2D eigenvalue weighted by atomic mass is 35.5. The third kappa shape index (κ3) is 5.53. The van der Waals surface area contributed by atoms with Gasteiger partial charge >= 0.3 is 0 Å². The highest BCUT2D eigenvalue weighted by Gasteiger charge is 2.22. The summed E-state index contributed by atoms with van der Waals surface area (Å²) in [6, 6.07) is 11.9. The van der Waals surface area contributed by atoms with Crippen LogP contribution in [0.2, 0.25) is 5.02 Å². The van der Waals surface area contributed by atoms with Gasteiger partial charge in [0.25, 0.3) is 5.91 Å². The van der Waals surface area contributed by atoms with Crippen LogP contribution in [0.1, 0.15) is 16.6 Å². The van der Waals surface area contributed by atoms with Crippen LogP contribution < -0.4 is 9.64 Å². The molecule has 0 spiro atoms. The molecule has 1 aromatic carbocycles. The van der Waals surface area contributed by atoms with E-state index in [0.717, 1.165) is 24.7 Å². The third-order valence-corrected chi connectivity index (χ3v) is 8.25. The largest absolute Gasteiger partial charge is 0.484 e. The van der Waals surface area contributed by atoms with Crippen LogP contribution in [0.5, 0.6) is 5.75 Å². The molecule has 2 aliphatic rings. The normalized spacial score (nSPS) is 18.0. The van der Waals surface area contributed by atoms with E-state index in [2.05, 4.69) is 22.0 Å². The fraction of sp³-hybridized carbons (Fsp3) is 0.429. The number of anilines is 1. The molecule has 5 nitrogen and oxygen atoms in total. The van der Waals surface area contributed by atoms with Crippen molar-refractivity contribution in [2.45, 2.75) is 11.0 Å². The second-order valence-corrected chi connectivity index (χ2v) is 10.1. The summed E-state index contributed by atoms with van der Waals surface area (Å²) in [6.07, 6.45) is 2.94. The second-order valence-electron chi connectivity index (χ2n) is 6.99. The highest BCUT2D eigenvalue weighted by molar-refractivity contribution is 8.16. The minimum Gasteiger partial charge on any atom is -0.484 e. The van der Waals surface area contributed by atoms with Gasteiger partial charge in [-0.25, -0.2) is 4.98 Å². The molecule has 0 N–H and O–H groups in total. The van der Waals surface area contributed by atoms with Gasteiger partial charge in [-0.3, -0.25) is 4.79 Å². The predicted octanol–water partition coefficient (Wildman–Crippen LogP) is 4.33. The van der Waals surface area contributed by atoms with E-state index in [1.165, 1.54) is 23.5 Å². The van der Waals surface area contributed by atoms with E-state index in [4.69, 9.17) is 16.3 Å². The fourth-order valence-corrected chi connectivity index (χ4v) is 6.38. The van der Waals surface area contributed by atoms with Crippen molar-refractivity contribution in [2.24, 2.45) is 0 Å². The molecule has 3 heterocycles. The zero-order valence-corrected chi connectivity index (χ0v) is 18.5. The number of pyridine rings is 1. The Balaban J connectivity index is 1.23. The molecule has 2 fully saturated rings. The van der Waals surface area contributed by atoms with Gasteiger partial charge in [-0.2, -0.15) is 0 Å². The van der Waals surface area contributed by atoms with Gasteiger partial charge in [-0.15, -0.1) is 23.5 Å². The Bertz CT molecular complexity index is 806. The molecular formula is C21H24ClN3O2S2. The Morgan fingerprint density at radius 3 is 2.45 bits per heavy atom. The van der Waals surface area contributed by atoms with Crippen molar-refractivity contribution in [3.63, 3.8) is 0 Å². The van der Waals surface area contributed by atoms with Crippen LogP contribution in [0.25, 0.3) is 0 Å². The third-order valence-electron chi connectivity index (χ3n) is 5.01. The maximum atomic E-state index is 12.5. The molecule has 1 amide bonds. The number of aromatic nitrogens is 1. The molecule has 2 aliphatic heterocycles. The van der Waals surface area contributed by atoms with Crippen molar-refractivity contribution in [1.82, 2.24) is 9.88 Å². The van der Waals surface area contributed by atoms with Crippen molar-refractivity contribution < 1.29 is 9.53 Å². The molecule has 0 unspecified atom stereocenters. The quantitative estimate of drug-likeness (QED) is 0.677. The molecule has 0 radical (unpaired) electrons. The van der Waals surface area contributed by atoms with Crippen LogP contribution in [-0.2, 0) is 4.79 Å². The lowest BCUT2D eigenvalue weighted by molar-refractivity contribution is -0.133. The van der Waals surface area contributed by atoms with Gasteiger partial charge in [-0.05, 0) is 47.8 Å². The lowest BCUT2D eigenvalue weighted by Crippen LogP contribution is -2.50. The molecule has 1 aromatic heterocycles. The van der Waals surface area contributed by atoms with E-state index in [1.54, 1.807) is 6.20 Å². The van der Waals surface area contributed by atoms with Crippen molar-refractivity contribution >= 4 is 46.8 Å². The summed E-state index contributed by atoms with van der Waals surface area (Å²) >= 11 is 9.91. The van der Waals surface area contributed by atoms with Crippen molar-refractivity contribution in [3.05, 3.63) is 53.2 Å². The van der Waals surface area contributed by atoms with Crippen molar-refractivity contribution in [2.75, 3.05) is 49.2 Å². The Hall–Kier alpha value is -1.57. The summed E-state index contributed by atoms with van der Waals surface area (Å²) in [4.78, 5) is 20.9. The number of benzene rings is 1. The van der Waals surface area contributed by atoms with Gasteiger partial charge < -0.3 is 14.5 Å². The van der Waals surface area contributed by atoms with Gasteiger partial charge in [0.05, 0.1) is 9.60 Å². The first-order chi connectivity index (χ1) is 14.2. The van der Waals surface area contributed by atoms with E-state index in [9.17, 15) is 4.79 Å². The molecule has 0 aliphatic carbocycles. The summed E-state index contributed by atoms with van der Waals surface area (Å²) in [5.74, 6) is 4.12. The predicted molar refractivity (Wildman–Crippen MR) is 122 cm³/mol. The van der Waals surface area contributed by atoms with Crippen LogP contribution in [0.15, 0.2) is 42.6 Å². The molecule has 2 aromatic rings. The number of carbonyl (C=O) groups is 1. The van der Waals surface area contributed by atoms with E-state index >= 15 is 0 Å². The van der Waals surface area contributed by atoms with E-state index in [0.29, 0.717) is 22.7 Å². The fourth-order valence-electron chi connectivity index (χ4n) is 3.38. The van der Waals surface area contributed by atoms with Crippen LogP contribution in [0.4, 0.5) is 5.82 Å². The molecule has 0 atom stereocenters. The lowest BCUT2D eigenvalue weighted by Gasteiger charge is -2.35. The molecule has 154 valence electrons. The first kappa shape index (κ1) is 20.7. The zero-order valence-electron chi connectivity index (χ0n) is 16.1. The number of thioether (sulfide) groups is 2. The average molecular weight is 450 g/mol. The van der Waals surface area contributed by atoms with Gasteiger partial charge in [-0.1, -0.05) is 23.7 Å². The highest BCUT2D eigenvalue weighted by Crippen LogP contribution is 2.43. The Labute approximate surface area is 185 Å². The zero-order chi connectivity index (χ0) is 20.1. The van der Waals surface area contributed by atoms with E-state index in [1.807, 2.05) is 52.7 Å². The lowest BCUT2D eigenvalue weighted by atomic mass is 10.2. The summed E-state index contributed by atoms with van der Waals surface area (Å²) in [7, 11) is 0. The first-order valence-corrected chi connectivity index (χ1v) is 12.3. The maximum Gasteiger partial charge on any atom is 0.260 e. The maximum absolute atomic E-state index is 12.5. The first-order valence-electron chi connectivity index (χ1n) is 9.79. The number of nitrogens with zero attached hydrogens (tertiary/aromatic N) is 3. The van der Waals surface area contributed by atoms with E-state index < -0.39 is 0 Å². The smallest absolute Gasteiger partial charge is 0.260 e. The minimum absolute atomic E-state index is 0.0242. The molecule has 4 rings (SSSR count). The average Bonchev–Trinajstić information content (AvgIpc) is 2.79. The molecular weight excluding hydrogens is 426 g/mol. The number of carbonyl (C=O) groups excluding carboxylic acids is 1. The summed E-state index contributed by atoms with van der Waals surface area (Å²) in [6.45, 7) is 2.92. The van der Waals surface area contributed by atoms with Gasteiger partial charge in [0, 0.05) is 32.4 Å². The Kier molecular flexibility index (Phi) is 7.11. The molecule has 0 saturated carbocycles. The number of rotatable bonds is 5. The Morgan fingerprint density at radius 2 is 1.79 bits per heavy atom. The van der Waals surface area contributed by atoms with Gasteiger partial charge in [0.1, 0.15) is 11.6 Å². The van der Waals surface area contributed by atoms with Crippen molar-refractivity contribution in [3.8, 4) is 5.75 Å². The topological polar surface area (TPSA) is 45.7 Å². The SMILES string of the molecule is O=C(COc1ccc(C2SCCCS2)cc1)N1CCN(c2ccc(Cl)cn2)CC1. The monoisotopic (exact) mass is 449 g/mol. The molecule has 8 heteroatoms. The van der Waals surface area contributed by atoms with E-state index in [-0.39, 0.29) is 12.5 Å². The van der Waals surface area contributed by atoms with Gasteiger partial charge in [0.2, 0.25) is 0 Å². The van der Waals surface area contributed by atoms with Crippen LogP contribution in [0, 0.1) is 0 Å². The van der Waals surface area contributed by atoms with Crippen LogP contribution in [-0.4, -0.2) is 60.1 Å². The molecule has 2 saturated heterocycles. The molecule has 29 heavy (non-hydrogen) atoms. The number of piperazine rings is 1.